The van der Waals surface area contributed by atoms with Gasteiger partial charge in [0.2, 0.25) is 0 Å². The van der Waals surface area contributed by atoms with E-state index in [1.54, 1.807) is 5.01 Å². The van der Waals surface area contributed by atoms with E-state index in [4.69, 9.17) is 5.84 Å². The normalized spacial score (nSPS) is 33.5. The summed E-state index contributed by atoms with van der Waals surface area (Å²) in [6, 6.07) is 0.319. The van der Waals surface area contributed by atoms with E-state index in [-0.39, 0.29) is 6.10 Å². The number of hydrogen-bond acceptors (Lipinski definition) is 4. The minimum Gasteiger partial charge on any atom is -0.392 e. The van der Waals surface area contributed by atoms with Gasteiger partial charge in [-0.3, -0.25) is 5.84 Å². The van der Waals surface area contributed by atoms with Gasteiger partial charge in [0.1, 0.15) is 0 Å². The molecule has 1 aliphatic heterocycles. The first-order valence-corrected chi connectivity index (χ1v) is 3.93. The third kappa shape index (κ3) is 2.41. The Morgan fingerprint density at radius 2 is 2.27 bits per heavy atom. The molecule has 1 rings (SSSR count). The van der Waals surface area contributed by atoms with Gasteiger partial charge in [0.15, 0.2) is 0 Å². The number of aliphatic hydroxyl groups is 1. The van der Waals surface area contributed by atoms with Gasteiger partial charge in [-0.15, -0.1) is 0 Å². The summed E-state index contributed by atoms with van der Waals surface area (Å²) in [6.07, 6.45) is 0.569. The molecule has 2 atom stereocenters. The number of hydrazine groups is 1. The molecule has 0 amide bonds. The highest BCUT2D eigenvalue weighted by Crippen LogP contribution is 2.13. The van der Waals surface area contributed by atoms with Gasteiger partial charge >= 0.3 is 0 Å². The van der Waals surface area contributed by atoms with Crippen LogP contribution in [0.2, 0.25) is 0 Å². The SMILES string of the molecule is CN(C)CC1CC(O)CN1N. The molecule has 0 radical (unpaired) electrons. The Kier molecular flexibility index (Phi) is 2.84. The van der Waals surface area contributed by atoms with Crippen LogP contribution in [0.3, 0.4) is 0 Å². The summed E-state index contributed by atoms with van der Waals surface area (Å²) in [7, 11) is 4.02. The molecule has 66 valence electrons. The van der Waals surface area contributed by atoms with Crippen LogP contribution < -0.4 is 5.84 Å². The van der Waals surface area contributed by atoms with Crippen molar-refractivity contribution in [1.82, 2.24) is 9.91 Å². The maximum Gasteiger partial charge on any atom is 0.0697 e. The maximum atomic E-state index is 9.24. The van der Waals surface area contributed by atoms with Crippen LogP contribution in [-0.4, -0.2) is 54.3 Å². The van der Waals surface area contributed by atoms with Crippen LogP contribution in [0, 0.1) is 0 Å². The number of nitrogens with zero attached hydrogens (tertiary/aromatic N) is 2. The smallest absolute Gasteiger partial charge is 0.0697 e. The topological polar surface area (TPSA) is 52.7 Å². The van der Waals surface area contributed by atoms with Crippen molar-refractivity contribution in [2.45, 2.75) is 18.6 Å². The molecule has 0 aromatic carbocycles. The van der Waals surface area contributed by atoms with E-state index in [1.165, 1.54) is 0 Å². The summed E-state index contributed by atoms with van der Waals surface area (Å²) < 4.78 is 0. The zero-order valence-corrected chi connectivity index (χ0v) is 7.20. The van der Waals surface area contributed by atoms with Crippen molar-refractivity contribution in [2.24, 2.45) is 5.84 Å². The first-order chi connectivity index (χ1) is 5.09. The molecule has 1 aliphatic rings. The minimum absolute atomic E-state index is 0.232. The van der Waals surface area contributed by atoms with Gasteiger partial charge in [-0.1, -0.05) is 0 Å². The van der Waals surface area contributed by atoms with E-state index in [1.807, 2.05) is 14.1 Å². The monoisotopic (exact) mass is 159 g/mol. The van der Waals surface area contributed by atoms with E-state index >= 15 is 0 Å². The number of aliphatic hydroxyl groups excluding tert-OH is 1. The summed E-state index contributed by atoms with van der Waals surface area (Å²) in [4.78, 5) is 2.09. The van der Waals surface area contributed by atoms with Crippen molar-refractivity contribution in [2.75, 3.05) is 27.2 Å². The third-order valence-electron chi connectivity index (χ3n) is 2.01. The molecule has 2 unspecified atom stereocenters. The summed E-state index contributed by atoms with van der Waals surface area (Å²) in [5, 5.41) is 11.0. The standard InChI is InChI=1S/C7H17N3O/c1-9(2)4-6-3-7(11)5-10(6)8/h6-7,11H,3-5,8H2,1-2H3. The van der Waals surface area contributed by atoms with Crippen molar-refractivity contribution >= 4 is 0 Å². The van der Waals surface area contributed by atoms with Crippen LogP contribution in [0.15, 0.2) is 0 Å². The molecule has 1 saturated heterocycles. The lowest BCUT2D eigenvalue weighted by molar-refractivity contribution is 0.174. The Hall–Kier alpha value is -0.160. The Morgan fingerprint density at radius 3 is 2.64 bits per heavy atom. The van der Waals surface area contributed by atoms with Crippen LogP contribution >= 0.6 is 0 Å². The van der Waals surface area contributed by atoms with E-state index in [2.05, 4.69) is 4.90 Å². The van der Waals surface area contributed by atoms with E-state index in [0.717, 1.165) is 13.0 Å². The number of likely N-dealkylation sites (N-methyl/N-ethyl adjacent to an activating group) is 1. The molecule has 0 saturated carbocycles. The number of rotatable bonds is 2. The molecule has 0 aromatic rings. The lowest BCUT2D eigenvalue weighted by Gasteiger charge is -2.21. The summed E-state index contributed by atoms with van der Waals surface area (Å²) in [6.45, 7) is 1.53. The second-order valence-corrected chi connectivity index (χ2v) is 3.50. The Morgan fingerprint density at radius 1 is 1.64 bits per heavy atom. The van der Waals surface area contributed by atoms with Crippen molar-refractivity contribution in [3.63, 3.8) is 0 Å². The molecule has 0 aliphatic carbocycles. The van der Waals surface area contributed by atoms with Gasteiger partial charge in [-0.05, 0) is 20.5 Å². The average molecular weight is 159 g/mol. The molecule has 0 bridgehead atoms. The molecule has 3 N–H and O–H groups in total. The van der Waals surface area contributed by atoms with Crippen molar-refractivity contribution in [1.29, 1.82) is 0 Å². The fourth-order valence-corrected chi connectivity index (χ4v) is 1.52. The summed E-state index contributed by atoms with van der Waals surface area (Å²) in [5.74, 6) is 5.66. The molecule has 4 nitrogen and oxygen atoms in total. The molecule has 11 heavy (non-hydrogen) atoms. The predicted octanol–water partition coefficient (Wildman–Crippen LogP) is -1.14. The fraction of sp³-hybridized carbons (Fsp3) is 1.00. The zero-order chi connectivity index (χ0) is 8.43. The number of β-amino-alcohol motifs (C(OH)–C–C–N with tert-alkyl or cyclic N) is 1. The van der Waals surface area contributed by atoms with Gasteiger partial charge in [0.05, 0.1) is 6.10 Å². The minimum atomic E-state index is -0.232. The van der Waals surface area contributed by atoms with E-state index < -0.39 is 0 Å². The van der Waals surface area contributed by atoms with Crippen molar-refractivity contribution in [3.8, 4) is 0 Å². The molecule has 0 aromatic heterocycles. The second kappa shape index (κ2) is 3.49. The maximum absolute atomic E-state index is 9.24. The molecule has 4 heteroatoms. The summed E-state index contributed by atoms with van der Waals surface area (Å²) in [5.41, 5.74) is 0. The van der Waals surface area contributed by atoms with Crippen molar-refractivity contribution < 1.29 is 5.11 Å². The Labute approximate surface area is 67.5 Å². The lowest BCUT2D eigenvalue weighted by Crippen LogP contribution is -2.41. The summed E-state index contributed by atoms with van der Waals surface area (Å²) >= 11 is 0. The van der Waals surface area contributed by atoms with Crippen LogP contribution in [0.4, 0.5) is 0 Å². The van der Waals surface area contributed by atoms with Gasteiger partial charge < -0.3 is 10.0 Å². The van der Waals surface area contributed by atoms with Crippen molar-refractivity contribution in [3.05, 3.63) is 0 Å². The highest BCUT2D eigenvalue weighted by atomic mass is 16.3. The van der Waals surface area contributed by atoms with Crippen LogP contribution in [0.25, 0.3) is 0 Å². The van der Waals surface area contributed by atoms with Crippen LogP contribution in [0.5, 0.6) is 0 Å². The largest absolute Gasteiger partial charge is 0.392 e. The second-order valence-electron chi connectivity index (χ2n) is 3.50. The average Bonchev–Trinajstić information content (AvgIpc) is 2.09. The quantitative estimate of drug-likeness (QED) is 0.500. The van der Waals surface area contributed by atoms with E-state index in [0.29, 0.717) is 12.6 Å². The Bertz CT molecular complexity index is 129. The lowest BCUT2D eigenvalue weighted by atomic mass is 10.2. The van der Waals surface area contributed by atoms with Gasteiger partial charge in [0.25, 0.3) is 0 Å². The van der Waals surface area contributed by atoms with Gasteiger partial charge in [-0.2, -0.15) is 0 Å². The molecular formula is C7H17N3O. The highest BCUT2D eigenvalue weighted by Gasteiger charge is 2.28. The first kappa shape index (κ1) is 8.93. The molecule has 0 spiro atoms. The molecular weight excluding hydrogens is 142 g/mol. The molecule has 1 heterocycles. The van der Waals surface area contributed by atoms with Crippen LogP contribution in [-0.2, 0) is 0 Å². The van der Waals surface area contributed by atoms with E-state index in [9.17, 15) is 5.11 Å². The zero-order valence-electron chi connectivity index (χ0n) is 7.20. The number of nitrogens with two attached hydrogens (primary N) is 1. The molecule has 1 fully saturated rings. The predicted molar refractivity (Wildman–Crippen MR) is 43.9 cm³/mol. The van der Waals surface area contributed by atoms with Gasteiger partial charge in [0, 0.05) is 19.1 Å². The first-order valence-electron chi connectivity index (χ1n) is 3.93. The Balaban J connectivity index is 2.34. The van der Waals surface area contributed by atoms with Crippen LogP contribution in [0.1, 0.15) is 6.42 Å². The fourth-order valence-electron chi connectivity index (χ4n) is 1.52. The highest BCUT2D eigenvalue weighted by molar-refractivity contribution is 4.82. The number of hydrogen-bond donors (Lipinski definition) is 2. The third-order valence-corrected chi connectivity index (χ3v) is 2.01. The van der Waals surface area contributed by atoms with Gasteiger partial charge in [-0.25, -0.2) is 5.01 Å².